The lowest BCUT2D eigenvalue weighted by atomic mass is 10.0. The molecule has 0 saturated carbocycles. The molecule has 0 aliphatic carbocycles. The first-order chi connectivity index (χ1) is 11.9. The number of benzene rings is 1. The lowest BCUT2D eigenvalue weighted by Gasteiger charge is -2.21. The average Bonchev–Trinajstić information content (AvgIpc) is 2.55. The van der Waals surface area contributed by atoms with E-state index >= 15 is 0 Å². The first kappa shape index (κ1) is 18.7. The number of rotatable bonds is 6. The number of anilines is 1. The van der Waals surface area contributed by atoms with E-state index in [9.17, 15) is 4.79 Å². The van der Waals surface area contributed by atoms with Crippen molar-refractivity contribution in [2.24, 2.45) is 0 Å². The van der Waals surface area contributed by atoms with Gasteiger partial charge in [0.25, 0.3) is 5.91 Å². The molecule has 0 radical (unpaired) electrons. The molecular formula is C19H26N4O2. The van der Waals surface area contributed by atoms with Crippen molar-refractivity contribution in [1.29, 1.82) is 0 Å². The molecule has 0 saturated heterocycles. The van der Waals surface area contributed by atoms with Gasteiger partial charge in [-0.05, 0) is 58.9 Å². The molecule has 0 fully saturated rings. The van der Waals surface area contributed by atoms with Crippen molar-refractivity contribution < 1.29 is 9.53 Å². The average molecular weight is 342 g/mol. The Hall–Kier alpha value is -2.63. The summed E-state index contributed by atoms with van der Waals surface area (Å²) in [5.41, 5.74) is 8.27. The largest absolute Gasteiger partial charge is 0.491 e. The molecule has 6 heteroatoms. The van der Waals surface area contributed by atoms with Crippen LogP contribution in [0.25, 0.3) is 11.3 Å². The van der Waals surface area contributed by atoms with Gasteiger partial charge in [0.05, 0.1) is 23.1 Å². The quantitative estimate of drug-likeness (QED) is 0.871. The molecule has 2 rings (SSSR count). The predicted molar refractivity (Wildman–Crippen MR) is 99.6 cm³/mol. The van der Waals surface area contributed by atoms with E-state index in [1.165, 1.54) is 0 Å². The van der Waals surface area contributed by atoms with Crippen LogP contribution in [0.15, 0.2) is 24.3 Å². The van der Waals surface area contributed by atoms with Gasteiger partial charge in [-0.3, -0.25) is 4.79 Å². The third kappa shape index (κ3) is 4.26. The zero-order valence-electron chi connectivity index (χ0n) is 15.5. The van der Waals surface area contributed by atoms with Crippen LogP contribution in [0.5, 0.6) is 5.75 Å². The molecule has 1 aromatic heterocycles. The molecule has 6 nitrogen and oxygen atoms in total. The summed E-state index contributed by atoms with van der Waals surface area (Å²) in [6, 6.07) is 7.51. The minimum Gasteiger partial charge on any atom is -0.491 e. The predicted octanol–water partition coefficient (Wildman–Crippen LogP) is 3.30. The molecule has 0 bridgehead atoms. The highest BCUT2D eigenvalue weighted by Gasteiger charge is 2.22. The fraction of sp³-hybridized carbons (Fsp3) is 0.421. The monoisotopic (exact) mass is 342 g/mol. The van der Waals surface area contributed by atoms with E-state index in [-0.39, 0.29) is 18.0 Å². The molecule has 0 atom stereocenters. The van der Waals surface area contributed by atoms with Crippen molar-refractivity contribution in [1.82, 2.24) is 14.9 Å². The minimum atomic E-state index is -0.0833. The molecule has 0 aliphatic heterocycles. The zero-order valence-corrected chi connectivity index (χ0v) is 15.5. The van der Waals surface area contributed by atoms with Crippen LogP contribution in [0.2, 0.25) is 0 Å². The Bertz CT molecular complexity index is 738. The molecule has 1 aromatic carbocycles. The second-order valence-corrected chi connectivity index (χ2v) is 6.06. The van der Waals surface area contributed by atoms with Crippen molar-refractivity contribution in [2.75, 3.05) is 18.8 Å². The number of amides is 1. The Morgan fingerprint density at radius 2 is 1.76 bits per heavy atom. The third-order valence-corrected chi connectivity index (χ3v) is 3.87. The van der Waals surface area contributed by atoms with Gasteiger partial charge in [0.1, 0.15) is 5.75 Å². The van der Waals surface area contributed by atoms with Gasteiger partial charge >= 0.3 is 0 Å². The standard InChI is InChI=1S/C19H26N4O2/c1-6-23(7-2)18(24)16-13(5)21-19(20)22-17(16)14-8-10-15(11-9-14)25-12(3)4/h8-12H,6-7H2,1-5H3,(H2,20,21,22). The highest BCUT2D eigenvalue weighted by Crippen LogP contribution is 2.27. The molecule has 134 valence electrons. The smallest absolute Gasteiger partial charge is 0.257 e. The number of nitrogens with zero attached hydrogens (tertiary/aromatic N) is 3. The summed E-state index contributed by atoms with van der Waals surface area (Å²) in [6.07, 6.45) is 0.0996. The maximum absolute atomic E-state index is 12.9. The van der Waals surface area contributed by atoms with Crippen molar-refractivity contribution >= 4 is 11.9 Å². The lowest BCUT2D eigenvalue weighted by molar-refractivity contribution is 0.0772. The summed E-state index contributed by atoms with van der Waals surface area (Å²) in [5.74, 6) is 0.847. The summed E-state index contributed by atoms with van der Waals surface area (Å²) in [7, 11) is 0. The number of aromatic nitrogens is 2. The minimum absolute atomic E-state index is 0.0833. The Labute approximate surface area is 149 Å². The van der Waals surface area contributed by atoms with Crippen LogP contribution < -0.4 is 10.5 Å². The summed E-state index contributed by atoms with van der Waals surface area (Å²) in [4.78, 5) is 23.2. The highest BCUT2D eigenvalue weighted by atomic mass is 16.5. The van der Waals surface area contributed by atoms with E-state index in [2.05, 4.69) is 9.97 Å². The van der Waals surface area contributed by atoms with Crippen molar-refractivity contribution in [2.45, 2.75) is 40.7 Å². The van der Waals surface area contributed by atoms with Gasteiger partial charge < -0.3 is 15.4 Å². The molecule has 0 aliphatic rings. The molecule has 1 amide bonds. The van der Waals surface area contributed by atoms with E-state index in [0.29, 0.717) is 30.0 Å². The maximum atomic E-state index is 12.9. The number of ether oxygens (including phenoxy) is 1. The summed E-state index contributed by atoms with van der Waals surface area (Å²) >= 11 is 0. The van der Waals surface area contributed by atoms with E-state index < -0.39 is 0 Å². The fourth-order valence-electron chi connectivity index (χ4n) is 2.69. The Balaban J connectivity index is 2.51. The van der Waals surface area contributed by atoms with E-state index in [0.717, 1.165) is 11.3 Å². The molecule has 2 aromatic rings. The van der Waals surface area contributed by atoms with Gasteiger partial charge in [-0.15, -0.1) is 0 Å². The van der Waals surface area contributed by atoms with Crippen LogP contribution in [0.4, 0.5) is 5.95 Å². The fourth-order valence-corrected chi connectivity index (χ4v) is 2.69. The van der Waals surface area contributed by atoms with Crippen LogP contribution in [0.1, 0.15) is 43.7 Å². The van der Waals surface area contributed by atoms with Crippen LogP contribution in [0.3, 0.4) is 0 Å². The number of nitrogens with two attached hydrogens (primary N) is 1. The van der Waals surface area contributed by atoms with Gasteiger partial charge in [0, 0.05) is 18.7 Å². The van der Waals surface area contributed by atoms with E-state index in [1.54, 1.807) is 11.8 Å². The molecular weight excluding hydrogens is 316 g/mol. The molecule has 2 N–H and O–H groups in total. The number of hydrogen-bond acceptors (Lipinski definition) is 5. The summed E-state index contributed by atoms with van der Waals surface area (Å²) < 4.78 is 5.67. The number of aryl methyl sites for hydroxylation is 1. The Kier molecular flexibility index (Phi) is 5.96. The molecule has 0 unspecified atom stereocenters. The SMILES string of the molecule is CCN(CC)C(=O)c1c(C)nc(N)nc1-c1ccc(OC(C)C)cc1. The van der Waals surface area contributed by atoms with Gasteiger partial charge in [-0.1, -0.05) is 0 Å². The highest BCUT2D eigenvalue weighted by molar-refractivity contribution is 6.01. The number of hydrogen-bond donors (Lipinski definition) is 1. The zero-order chi connectivity index (χ0) is 18.6. The molecule has 1 heterocycles. The number of nitrogen functional groups attached to an aromatic ring is 1. The second kappa shape index (κ2) is 7.96. The third-order valence-electron chi connectivity index (χ3n) is 3.87. The van der Waals surface area contributed by atoms with Gasteiger partial charge in [0.2, 0.25) is 5.95 Å². The van der Waals surface area contributed by atoms with Crippen molar-refractivity contribution in [3.05, 3.63) is 35.5 Å². The normalized spacial score (nSPS) is 10.8. The van der Waals surface area contributed by atoms with Crippen molar-refractivity contribution in [3.8, 4) is 17.0 Å². The maximum Gasteiger partial charge on any atom is 0.257 e. The Morgan fingerprint density at radius 3 is 2.28 bits per heavy atom. The van der Waals surface area contributed by atoms with Crippen LogP contribution in [-0.2, 0) is 0 Å². The van der Waals surface area contributed by atoms with Crippen LogP contribution in [0, 0.1) is 6.92 Å². The number of carbonyl (C=O) groups excluding carboxylic acids is 1. The van der Waals surface area contributed by atoms with E-state index in [1.807, 2.05) is 52.0 Å². The molecule has 0 spiro atoms. The Morgan fingerprint density at radius 1 is 1.16 bits per heavy atom. The lowest BCUT2D eigenvalue weighted by Crippen LogP contribution is -2.32. The van der Waals surface area contributed by atoms with Gasteiger partial charge in [-0.25, -0.2) is 9.97 Å². The topological polar surface area (TPSA) is 81.3 Å². The molecule has 25 heavy (non-hydrogen) atoms. The van der Waals surface area contributed by atoms with Crippen LogP contribution in [-0.4, -0.2) is 40.0 Å². The van der Waals surface area contributed by atoms with Crippen molar-refractivity contribution in [3.63, 3.8) is 0 Å². The summed E-state index contributed by atoms with van der Waals surface area (Å²) in [6.45, 7) is 10.9. The van der Waals surface area contributed by atoms with Gasteiger partial charge in [-0.2, -0.15) is 0 Å². The summed E-state index contributed by atoms with van der Waals surface area (Å²) in [5, 5.41) is 0. The van der Waals surface area contributed by atoms with Gasteiger partial charge in [0.15, 0.2) is 0 Å². The first-order valence-corrected chi connectivity index (χ1v) is 8.57. The first-order valence-electron chi connectivity index (χ1n) is 8.57. The second-order valence-electron chi connectivity index (χ2n) is 6.06. The van der Waals surface area contributed by atoms with Crippen LogP contribution >= 0.6 is 0 Å². The number of carbonyl (C=O) groups is 1. The van der Waals surface area contributed by atoms with E-state index in [4.69, 9.17) is 10.5 Å².